The van der Waals surface area contributed by atoms with Gasteiger partial charge in [0.2, 0.25) is 5.91 Å². The Hall–Kier alpha value is -2.89. The summed E-state index contributed by atoms with van der Waals surface area (Å²) in [7, 11) is 0. The number of carbonyl (C=O) groups is 2. The monoisotopic (exact) mass is 371 g/mol. The van der Waals surface area contributed by atoms with Crippen LogP contribution in [-0.4, -0.2) is 17.0 Å². The highest BCUT2D eigenvalue weighted by molar-refractivity contribution is 5.80. The number of carbonyl (C=O) groups excluding carboxylic acids is 1. The van der Waals surface area contributed by atoms with E-state index in [0.29, 0.717) is 31.6 Å². The first-order valence-electron chi connectivity index (χ1n) is 8.98. The Balaban J connectivity index is 1.45. The molecule has 27 heavy (non-hydrogen) atoms. The predicted molar refractivity (Wildman–Crippen MR) is 97.5 cm³/mol. The molecule has 2 aromatic carbocycles. The number of rotatable bonds is 7. The van der Waals surface area contributed by atoms with Gasteiger partial charge < -0.3 is 15.2 Å². The molecule has 2 atom stereocenters. The molecule has 2 N–H and O–H groups in total. The van der Waals surface area contributed by atoms with Gasteiger partial charge in [0.05, 0.1) is 5.92 Å². The van der Waals surface area contributed by atoms with E-state index in [1.807, 2.05) is 12.1 Å². The molecular formula is C21H22FNO4. The molecule has 0 heterocycles. The maximum Gasteiger partial charge on any atom is 0.306 e. The van der Waals surface area contributed by atoms with Crippen molar-refractivity contribution in [1.29, 1.82) is 0 Å². The van der Waals surface area contributed by atoms with Gasteiger partial charge in [-0.05, 0) is 54.7 Å². The van der Waals surface area contributed by atoms with Crippen molar-refractivity contribution in [3.8, 4) is 5.75 Å². The van der Waals surface area contributed by atoms with Gasteiger partial charge in [0.25, 0.3) is 0 Å². The number of hydrogen-bond donors (Lipinski definition) is 2. The summed E-state index contributed by atoms with van der Waals surface area (Å²) >= 11 is 0. The number of aliphatic carboxylic acids is 1. The summed E-state index contributed by atoms with van der Waals surface area (Å²) in [5.41, 5.74) is 1.68. The second-order valence-electron chi connectivity index (χ2n) is 6.83. The van der Waals surface area contributed by atoms with Crippen molar-refractivity contribution in [3.05, 3.63) is 65.5 Å². The third-order valence-corrected chi connectivity index (χ3v) is 4.84. The van der Waals surface area contributed by atoms with Crippen LogP contribution >= 0.6 is 0 Å². The maximum atomic E-state index is 13.1. The molecule has 1 fully saturated rings. The normalized spacial score (nSPS) is 18.9. The molecule has 2 aromatic rings. The van der Waals surface area contributed by atoms with Crippen LogP contribution < -0.4 is 10.1 Å². The van der Waals surface area contributed by atoms with Gasteiger partial charge in [0, 0.05) is 12.5 Å². The summed E-state index contributed by atoms with van der Waals surface area (Å²) in [5, 5.41) is 11.9. The van der Waals surface area contributed by atoms with Gasteiger partial charge in [-0.25, -0.2) is 4.39 Å². The summed E-state index contributed by atoms with van der Waals surface area (Å²) in [5.74, 6) is -1.17. The molecule has 3 rings (SSSR count). The Morgan fingerprint density at radius 1 is 1.07 bits per heavy atom. The van der Waals surface area contributed by atoms with Crippen LogP contribution in [0.1, 0.15) is 30.4 Å². The van der Waals surface area contributed by atoms with Crippen molar-refractivity contribution < 1.29 is 23.8 Å². The van der Waals surface area contributed by atoms with Crippen molar-refractivity contribution in [3.63, 3.8) is 0 Å². The molecule has 6 heteroatoms. The largest absolute Gasteiger partial charge is 0.489 e. The smallest absolute Gasteiger partial charge is 0.306 e. The van der Waals surface area contributed by atoms with Crippen LogP contribution in [0.15, 0.2) is 48.5 Å². The number of benzene rings is 2. The van der Waals surface area contributed by atoms with Gasteiger partial charge in [-0.15, -0.1) is 0 Å². The molecule has 0 saturated heterocycles. The van der Waals surface area contributed by atoms with E-state index in [9.17, 15) is 14.0 Å². The highest BCUT2D eigenvalue weighted by Gasteiger charge is 2.33. The van der Waals surface area contributed by atoms with E-state index in [1.165, 1.54) is 12.1 Å². The van der Waals surface area contributed by atoms with E-state index in [1.54, 1.807) is 24.3 Å². The third-order valence-electron chi connectivity index (χ3n) is 4.84. The Kier molecular flexibility index (Phi) is 6.06. The van der Waals surface area contributed by atoms with Crippen molar-refractivity contribution >= 4 is 11.9 Å². The minimum absolute atomic E-state index is 0.0924. The van der Waals surface area contributed by atoms with Crippen molar-refractivity contribution in [2.45, 2.75) is 32.4 Å². The van der Waals surface area contributed by atoms with Gasteiger partial charge in [0.15, 0.2) is 0 Å². The van der Waals surface area contributed by atoms with Crippen LogP contribution in [0.25, 0.3) is 0 Å². The molecule has 5 nitrogen and oxygen atoms in total. The molecule has 1 amide bonds. The van der Waals surface area contributed by atoms with Crippen LogP contribution in [0.3, 0.4) is 0 Å². The molecule has 1 aliphatic rings. The first-order chi connectivity index (χ1) is 13.0. The molecule has 0 aliphatic heterocycles. The second-order valence-corrected chi connectivity index (χ2v) is 6.83. The summed E-state index contributed by atoms with van der Waals surface area (Å²) in [6, 6.07) is 13.6. The third kappa shape index (κ3) is 5.29. The Bertz CT molecular complexity index is 806. The average Bonchev–Trinajstić information content (AvgIpc) is 3.16. The number of carboxylic acid groups (broad SMARTS) is 1. The first-order valence-corrected chi connectivity index (χ1v) is 8.98. The van der Waals surface area contributed by atoms with E-state index in [2.05, 4.69) is 5.32 Å². The zero-order chi connectivity index (χ0) is 19.2. The quantitative estimate of drug-likeness (QED) is 0.781. The minimum atomic E-state index is -0.820. The van der Waals surface area contributed by atoms with E-state index in [4.69, 9.17) is 9.84 Å². The van der Waals surface area contributed by atoms with Crippen LogP contribution in [-0.2, 0) is 22.7 Å². The summed E-state index contributed by atoms with van der Waals surface area (Å²) in [6.07, 6.45) is 1.59. The van der Waals surface area contributed by atoms with Gasteiger partial charge >= 0.3 is 5.97 Å². The van der Waals surface area contributed by atoms with E-state index >= 15 is 0 Å². The fraction of sp³-hybridized carbons (Fsp3) is 0.333. The lowest BCUT2D eigenvalue weighted by molar-refractivity contribution is -0.141. The van der Waals surface area contributed by atoms with E-state index in [-0.39, 0.29) is 24.2 Å². The van der Waals surface area contributed by atoms with Gasteiger partial charge in [-0.3, -0.25) is 9.59 Å². The lowest BCUT2D eigenvalue weighted by atomic mass is 10.0. The number of hydrogen-bond acceptors (Lipinski definition) is 3. The van der Waals surface area contributed by atoms with Gasteiger partial charge in [0.1, 0.15) is 18.2 Å². The summed E-state index contributed by atoms with van der Waals surface area (Å²) < 4.78 is 18.8. The number of nitrogens with one attached hydrogen (secondary N) is 1. The topological polar surface area (TPSA) is 75.6 Å². The van der Waals surface area contributed by atoms with Gasteiger partial charge in [-0.1, -0.05) is 24.3 Å². The Labute approximate surface area is 157 Å². The molecule has 0 radical (unpaired) electrons. The van der Waals surface area contributed by atoms with Gasteiger partial charge in [-0.2, -0.15) is 0 Å². The predicted octanol–water partition coefficient (Wildman–Crippen LogP) is 3.52. The Morgan fingerprint density at radius 3 is 2.48 bits per heavy atom. The SMILES string of the molecule is O=C(O)[C@@H]1CC[C@H](C(=O)NCc2ccc(OCc3cccc(F)c3)cc2)C1. The standard InChI is InChI=1S/C21H22FNO4/c22-18-3-1-2-15(10-18)13-27-19-8-4-14(5-9-19)12-23-20(24)16-6-7-17(11-16)21(25)26/h1-5,8-10,16-17H,6-7,11-13H2,(H,23,24)(H,25,26)/t16-,17+/m0/s1. The highest BCUT2D eigenvalue weighted by atomic mass is 19.1. The fourth-order valence-corrected chi connectivity index (χ4v) is 3.27. The molecule has 0 bridgehead atoms. The van der Waals surface area contributed by atoms with Crippen LogP contribution in [0.2, 0.25) is 0 Å². The van der Waals surface area contributed by atoms with Crippen LogP contribution in [0, 0.1) is 17.7 Å². The number of ether oxygens (including phenoxy) is 1. The Morgan fingerprint density at radius 2 is 1.81 bits per heavy atom. The highest BCUT2D eigenvalue weighted by Crippen LogP contribution is 2.31. The lowest BCUT2D eigenvalue weighted by Gasteiger charge is -2.11. The first kappa shape index (κ1) is 18.9. The summed E-state index contributed by atoms with van der Waals surface area (Å²) in [4.78, 5) is 23.2. The zero-order valence-corrected chi connectivity index (χ0v) is 14.9. The summed E-state index contributed by atoms with van der Waals surface area (Å²) in [6.45, 7) is 0.664. The molecule has 1 saturated carbocycles. The number of halogens is 1. The van der Waals surface area contributed by atoms with Crippen molar-refractivity contribution in [2.24, 2.45) is 11.8 Å². The number of carboxylic acids is 1. The van der Waals surface area contributed by atoms with Crippen molar-refractivity contribution in [2.75, 3.05) is 0 Å². The van der Waals surface area contributed by atoms with Crippen LogP contribution in [0.4, 0.5) is 4.39 Å². The van der Waals surface area contributed by atoms with Crippen molar-refractivity contribution in [1.82, 2.24) is 5.32 Å². The van der Waals surface area contributed by atoms with Crippen LogP contribution in [0.5, 0.6) is 5.75 Å². The van der Waals surface area contributed by atoms with E-state index < -0.39 is 11.9 Å². The average molecular weight is 371 g/mol. The number of amides is 1. The molecular weight excluding hydrogens is 349 g/mol. The zero-order valence-electron chi connectivity index (χ0n) is 14.9. The molecule has 0 spiro atoms. The molecule has 1 aliphatic carbocycles. The molecule has 0 aromatic heterocycles. The maximum absolute atomic E-state index is 13.1. The molecule has 0 unspecified atom stereocenters. The second kappa shape index (κ2) is 8.66. The fourth-order valence-electron chi connectivity index (χ4n) is 3.27. The lowest BCUT2D eigenvalue weighted by Crippen LogP contribution is -2.29. The minimum Gasteiger partial charge on any atom is -0.489 e. The van der Waals surface area contributed by atoms with E-state index in [0.717, 1.165) is 11.1 Å². The molecule has 142 valence electrons.